The molecule has 23 heavy (non-hydrogen) atoms. The number of ether oxygens (including phenoxy) is 1. The molecule has 1 unspecified atom stereocenters. The van der Waals surface area contributed by atoms with Crippen molar-refractivity contribution in [2.75, 3.05) is 6.61 Å². The second-order valence-electron chi connectivity index (χ2n) is 5.64. The Hall–Kier alpha value is -1.06. The molecule has 0 saturated heterocycles. The number of hydrogen-bond donors (Lipinski definition) is 0. The van der Waals surface area contributed by atoms with E-state index in [1.54, 1.807) is 0 Å². The summed E-state index contributed by atoms with van der Waals surface area (Å²) in [6.45, 7) is 10.8. The van der Waals surface area contributed by atoms with E-state index in [9.17, 15) is 4.79 Å². The second-order valence-corrected chi connectivity index (χ2v) is 6.88. The van der Waals surface area contributed by atoms with Crippen LogP contribution in [0, 0.1) is 27.7 Å². The topological polar surface area (TPSA) is 26.3 Å². The van der Waals surface area contributed by atoms with Gasteiger partial charge in [0, 0.05) is 5.56 Å². The quantitative estimate of drug-likeness (QED) is 0.618. The molecule has 2 aromatic rings. The van der Waals surface area contributed by atoms with E-state index in [1.165, 1.54) is 5.56 Å². The van der Waals surface area contributed by atoms with Crippen LogP contribution in [0.3, 0.4) is 0 Å². The maximum absolute atomic E-state index is 12.7. The van der Waals surface area contributed by atoms with E-state index in [4.69, 9.17) is 4.74 Å². The minimum atomic E-state index is 0. The number of carbonyl (C=O) groups is 1. The number of carbonyl (C=O) groups excluding carboxylic acids is 1. The van der Waals surface area contributed by atoms with E-state index in [2.05, 4.69) is 19.1 Å². The molecule has 2 rings (SSSR count). The summed E-state index contributed by atoms with van der Waals surface area (Å²) in [6.07, 6.45) is 0. The van der Waals surface area contributed by atoms with Crippen molar-refractivity contribution in [3.63, 3.8) is 0 Å². The Kier molecular flexibility index (Phi) is 7.55. The van der Waals surface area contributed by atoms with Gasteiger partial charge in [0.2, 0.25) is 0 Å². The van der Waals surface area contributed by atoms with Crippen LogP contribution in [-0.4, -0.2) is 31.0 Å². The normalized spacial score (nSPS) is 10.7. The molecule has 0 amide bonds. The summed E-state index contributed by atoms with van der Waals surface area (Å²) in [4.78, 5) is 12.7. The molecule has 0 heterocycles. The maximum atomic E-state index is 12.7. The molecule has 2 nitrogen and oxygen atoms in total. The predicted molar refractivity (Wildman–Crippen MR) is 102 cm³/mol. The molecule has 0 saturated carbocycles. The summed E-state index contributed by atoms with van der Waals surface area (Å²) in [7, 11) is 0.148. The van der Waals surface area contributed by atoms with Crippen molar-refractivity contribution in [3.8, 4) is 5.75 Å². The Labute approximate surface area is 153 Å². The first-order chi connectivity index (χ1) is 10.4. The van der Waals surface area contributed by atoms with E-state index in [0.717, 1.165) is 33.3 Å². The fraction of sp³-hybridized carbons (Fsp3) is 0.316. The summed E-state index contributed by atoms with van der Waals surface area (Å²) >= 11 is 0. The van der Waals surface area contributed by atoms with E-state index in [0.29, 0.717) is 6.61 Å². The van der Waals surface area contributed by atoms with Gasteiger partial charge in [0.15, 0.2) is 5.52 Å². The Bertz CT molecular complexity index is 688. The van der Waals surface area contributed by atoms with Gasteiger partial charge in [-0.1, -0.05) is 23.8 Å². The van der Waals surface area contributed by atoms with Crippen molar-refractivity contribution in [1.29, 1.82) is 0 Å². The molecule has 0 aromatic heterocycles. The van der Waals surface area contributed by atoms with Gasteiger partial charge in [0.1, 0.15) is 5.75 Å². The van der Waals surface area contributed by atoms with Crippen molar-refractivity contribution in [1.82, 2.24) is 0 Å². The fourth-order valence-corrected chi connectivity index (χ4v) is 3.96. The van der Waals surface area contributed by atoms with E-state index in [1.807, 2.05) is 45.9 Å². The van der Waals surface area contributed by atoms with Crippen LogP contribution in [-0.2, 0) is 0 Å². The van der Waals surface area contributed by atoms with Gasteiger partial charge in [-0.25, -0.2) is 0 Å². The van der Waals surface area contributed by atoms with Gasteiger partial charge >= 0.3 is 18.9 Å². The van der Waals surface area contributed by atoms with Crippen LogP contribution in [0.1, 0.15) is 39.5 Å². The average Bonchev–Trinajstić information content (AvgIpc) is 2.41. The molecule has 0 spiro atoms. The summed E-state index contributed by atoms with van der Waals surface area (Å²) < 4.78 is 5.50. The molecule has 0 N–H and O–H groups in total. The average molecular weight is 322 g/mol. The zero-order chi connectivity index (χ0) is 16.3. The van der Waals surface area contributed by atoms with Crippen LogP contribution in [0.15, 0.2) is 30.3 Å². The van der Waals surface area contributed by atoms with Gasteiger partial charge < -0.3 is 4.74 Å². The van der Waals surface area contributed by atoms with Crippen LogP contribution in [0.4, 0.5) is 0 Å². The van der Waals surface area contributed by atoms with Crippen molar-refractivity contribution in [2.45, 2.75) is 34.6 Å². The van der Waals surface area contributed by atoms with Crippen molar-refractivity contribution in [2.24, 2.45) is 0 Å². The molecular formula is C19H24LiO2P. The summed E-state index contributed by atoms with van der Waals surface area (Å²) in [6, 6.07) is 10.1. The van der Waals surface area contributed by atoms with Gasteiger partial charge in [-0.3, -0.25) is 4.79 Å². The second kappa shape index (κ2) is 8.70. The molecule has 2 aromatic carbocycles. The third-order valence-electron chi connectivity index (χ3n) is 3.66. The van der Waals surface area contributed by atoms with E-state index < -0.39 is 0 Å². The fourth-order valence-electron chi connectivity index (χ4n) is 2.76. The standard InChI is InChI=1S/C19H23O2P.Li.H/c1-6-21-16-7-8-17(13(3)11-16)22-19(20)18-14(4)9-12(2)10-15(18)5;;/h7-11,22H,6H2,1-5H3;;. The Morgan fingerprint density at radius 2 is 1.61 bits per heavy atom. The van der Waals surface area contributed by atoms with Crippen molar-refractivity contribution in [3.05, 3.63) is 58.1 Å². The first kappa shape index (κ1) is 20.0. The first-order valence-corrected chi connectivity index (χ1v) is 8.55. The van der Waals surface area contributed by atoms with Crippen molar-refractivity contribution >= 4 is 38.3 Å². The first-order valence-electron chi connectivity index (χ1n) is 7.55. The van der Waals surface area contributed by atoms with Crippen LogP contribution < -0.4 is 10.0 Å². The molecular weight excluding hydrogens is 298 g/mol. The van der Waals surface area contributed by atoms with Crippen LogP contribution in [0.2, 0.25) is 0 Å². The molecule has 1 atom stereocenters. The molecule has 0 aliphatic carbocycles. The molecule has 0 aliphatic rings. The van der Waals surface area contributed by atoms with E-state index >= 15 is 0 Å². The van der Waals surface area contributed by atoms with Gasteiger partial charge in [-0.2, -0.15) is 0 Å². The zero-order valence-corrected chi connectivity index (χ0v) is 14.9. The number of hydrogen-bond acceptors (Lipinski definition) is 2. The summed E-state index contributed by atoms with van der Waals surface area (Å²) in [5.41, 5.74) is 5.53. The molecule has 0 aliphatic heterocycles. The third kappa shape index (κ3) is 4.95. The monoisotopic (exact) mass is 322 g/mol. The van der Waals surface area contributed by atoms with Crippen LogP contribution in [0.5, 0.6) is 5.75 Å². The third-order valence-corrected chi connectivity index (χ3v) is 4.97. The van der Waals surface area contributed by atoms with Crippen molar-refractivity contribution < 1.29 is 9.53 Å². The number of aryl methyl sites for hydroxylation is 4. The number of benzene rings is 2. The molecule has 0 radical (unpaired) electrons. The molecule has 4 heteroatoms. The van der Waals surface area contributed by atoms with E-state index in [-0.39, 0.29) is 33.0 Å². The predicted octanol–water partition coefficient (Wildman–Crippen LogP) is 3.81. The Balaban J connectivity index is 0.00000264. The van der Waals surface area contributed by atoms with Crippen LogP contribution >= 0.6 is 8.58 Å². The van der Waals surface area contributed by atoms with Gasteiger partial charge in [0.25, 0.3) is 0 Å². The zero-order valence-electron chi connectivity index (χ0n) is 13.9. The Morgan fingerprint density at radius 3 is 2.13 bits per heavy atom. The SMILES string of the molecule is CCOc1ccc(PC(=O)c2c(C)cc(C)cc2C)c(C)c1.[LiH]. The van der Waals surface area contributed by atoms with Gasteiger partial charge in [-0.15, -0.1) is 0 Å². The van der Waals surface area contributed by atoms with Gasteiger partial charge in [0.05, 0.1) is 6.61 Å². The molecule has 118 valence electrons. The molecule has 0 fully saturated rings. The Morgan fingerprint density at radius 1 is 1.00 bits per heavy atom. The number of rotatable bonds is 5. The van der Waals surface area contributed by atoms with Gasteiger partial charge in [-0.05, 0) is 77.3 Å². The molecule has 0 bridgehead atoms. The van der Waals surface area contributed by atoms with Crippen LogP contribution in [0.25, 0.3) is 0 Å². The minimum absolute atomic E-state index is 0. The summed E-state index contributed by atoms with van der Waals surface area (Å²) in [5, 5.41) is 1.09. The summed E-state index contributed by atoms with van der Waals surface area (Å²) in [5.74, 6) is 0.865.